The van der Waals surface area contributed by atoms with E-state index in [4.69, 9.17) is 0 Å². The van der Waals surface area contributed by atoms with Gasteiger partial charge in [0.15, 0.2) is 17.5 Å². The predicted molar refractivity (Wildman–Crippen MR) is 75.1 cm³/mol. The molecule has 5 heteroatoms. The number of rotatable bonds is 6. The van der Waals surface area contributed by atoms with E-state index in [1.807, 2.05) is 39.8 Å². The van der Waals surface area contributed by atoms with Crippen LogP contribution in [-0.4, -0.2) is 31.1 Å². The van der Waals surface area contributed by atoms with Crippen molar-refractivity contribution in [1.82, 2.24) is 10.2 Å². The molecule has 0 aliphatic carbocycles. The van der Waals surface area contributed by atoms with Gasteiger partial charge < -0.3 is 10.2 Å². The molecule has 0 aliphatic rings. The van der Waals surface area contributed by atoms with Crippen molar-refractivity contribution in [3.05, 3.63) is 35.1 Å². The number of benzene rings is 1. The van der Waals surface area contributed by atoms with Crippen LogP contribution in [0.3, 0.4) is 0 Å². The van der Waals surface area contributed by atoms with Crippen molar-refractivity contribution < 1.29 is 13.2 Å². The van der Waals surface area contributed by atoms with Gasteiger partial charge in [0.25, 0.3) is 0 Å². The highest BCUT2D eigenvalue weighted by Crippen LogP contribution is 2.32. The number of halogens is 3. The molecule has 1 aromatic rings. The Balaban J connectivity index is 3.28. The lowest BCUT2D eigenvalue weighted by molar-refractivity contribution is 0.135. The Morgan fingerprint density at radius 2 is 1.75 bits per heavy atom. The minimum Gasteiger partial charge on any atom is -0.308 e. The molecule has 0 bridgehead atoms. The Hall–Kier alpha value is -1.07. The van der Waals surface area contributed by atoms with Crippen LogP contribution in [0, 0.1) is 17.5 Å². The van der Waals surface area contributed by atoms with Crippen molar-refractivity contribution in [2.45, 2.75) is 38.8 Å². The first kappa shape index (κ1) is 17.0. The highest BCUT2D eigenvalue weighted by atomic mass is 19.2. The van der Waals surface area contributed by atoms with E-state index in [1.165, 1.54) is 6.07 Å². The molecular weight excluding hydrogens is 265 g/mol. The number of likely N-dealkylation sites (N-methyl/N-ethyl adjacent to an activating group) is 1. The van der Waals surface area contributed by atoms with Gasteiger partial charge in [-0.3, -0.25) is 0 Å². The molecule has 1 unspecified atom stereocenters. The van der Waals surface area contributed by atoms with Crippen molar-refractivity contribution >= 4 is 0 Å². The third-order valence-corrected chi connectivity index (χ3v) is 3.83. The molecule has 20 heavy (non-hydrogen) atoms. The zero-order chi connectivity index (χ0) is 15.5. The lowest BCUT2D eigenvalue weighted by Gasteiger charge is -2.41. The summed E-state index contributed by atoms with van der Waals surface area (Å²) in [4.78, 5) is 1.93. The fourth-order valence-corrected chi connectivity index (χ4v) is 2.05. The van der Waals surface area contributed by atoms with Gasteiger partial charge >= 0.3 is 0 Å². The number of hydrogen-bond acceptors (Lipinski definition) is 2. The Labute approximate surface area is 119 Å². The average Bonchev–Trinajstić information content (AvgIpc) is 2.38. The topological polar surface area (TPSA) is 15.3 Å². The maximum absolute atomic E-state index is 14.1. The van der Waals surface area contributed by atoms with E-state index in [0.717, 1.165) is 12.5 Å². The van der Waals surface area contributed by atoms with Gasteiger partial charge in [-0.05, 0) is 47.0 Å². The van der Waals surface area contributed by atoms with Gasteiger partial charge in [0.05, 0.1) is 6.04 Å². The summed E-state index contributed by atoms with van der Waals surface area (Å²) in [5, 5.41) is 3.22. The van der Waals surface area contributed by atoms with Crippen molar-refractivity contribution in [3.8, 4) is 0 Å². The zero-order valence-electron chi connectivity index (χ0n) is 12.7. The summed E-state index contributed by atoms with van der Waals surface area (Å²) >= 11 is 0. The second kappa shape index (κ2) is 6.59. The lowest BCUT2D eigenvalue weighted by atomic mass is 9.87. The summed E-state index contributed by atoms with van der Waals surface area (Å²) in [5.74, 6) is -3.70. The lowest BCUT2D eigenvalue weighted by Crippen LogP contribution is -2.49. The monoisotopic (exact) mass is 288 g/mol. The van der Waals surface area contributed by atoms with Crippen molar-refractivity contribution in [2.24, 2.45) is 0 Å². The highest BCUT2D eigenvalue weighted by molar-refractivity contribution is 5.26. The van der Waals surface area contributed by atoms with Gasteiger partial charge in [0.1, 0.15) is 0 Å². The molecule has 0 fully saturated rings. The second-order valence-electron chi connectivity index (χ2n) is 5.70. The molecule has 1 rings (SSSR count). The van der Waals surface area contributed by atoms with Crippen LogP contribution >= 0.6 is 0 Å². The highest BCUT2D eigenvalue weighted by Gasteiger charge is 2.35. The van der Waals surface area contributed by atoms with Gasteiger partial charge in [-0.25, -0.2) is 13.2 Å². The maximum Gasteiger partial charge on any atom is 0.194 e. The Bertz CT molecular complexity index is 459. The Kier molecular flexibility index (Phi) is 5.59. The van der Waals surface area contributed by atoms with Crippen LogP contribution in [0.25, 0.3) is 0 Å². The number of nitrogens with zero attached hydrogens (tertiary/aromatic N) is 1. The summed E-state index contributed by atoms with van der Waals surface area (Å²) in [7, 11) is 3.75. The van der Waals surface area contributed by atoms with E-state index in [-0.39, 0.29) is 5.56 Å². The summed E-state index contributed by atoms with van der Waals surface area (Å²) in [6.07, 6.45) is 0.866. The predicted octanol–water partition coefficient (Wildman–Crippen LogP) is 3.48. The quantitative estimate of drug-likeness (QED) is 0.806. The minimum absolute atomic E-state index is 0.149. The standard InChI is InChI=1S/C15H23F3N2/c1-6-9-19-14(15(2,3)20(4)5)10-7-8-11(16)13(18)12(10)17/h7-8,14,19H,6,9H2,1-5H3. The van der Waals surface area contributed by atoms with Crippen LogP contribution in [-0.2, 0) is 0 Å². The molecule has 0 spiro atoms. The number of nitrogens with one attached hydrogen (secondary N) is 1. The minimum atomic E-state index is -1.42. The van der Waals surface area contributed by atoms with E-state index in [9.17, 15) is 13.2 Å². The molecule has 1 atom stereocenters. The molecule has 0 amide bonds. The molecule has 2 nitrogen and oxygen atoms in total. The van der Waals surface area contributed by atoms with Gasteiger partial charge in [0, 0.05) is 11.1 Å². The van der Waals surface area contributed by atoms with Crippen LogP contribution in [0.1, 0.15) is 38.8 Å². The van der Waals surface area contributed by atoms with E-state index >= 15 is 0 Å². The first-order valence-corrected chi connectivity index (χ1v) is 6.77. The Morgan fingerprint density at radius 1 is 1.15 bits per heavy atom. The summed E-state index contributed by atoms with van der Waals surface area (Å²) < 4.78 is 40.6. The van der Waals surface area contributed by atoms with Gasteiger partial charge in [-0.2, -0.15) is 0 Å². The van der Waals surface area contributed by atoms with Gasteiger partial charge in [-0.1, -0.05) is 13.0 Å². The van der Waals surface area contributed by atoms with Crippen LogP contribution in [0.5, 0.6) is 0 Å². The maximum atomic E-state index is 14.1. The van der Waals surface area contributed by atoms with Crippen molar-refractivity contribution in [2.75, 3.05) is 20.6 Å². The van der Waals surface area contributed by atoms with E-state index in [2.05, 4.69) is 5.32 Å². The molecule has 1 aromatic carbocycles. The summed E-state index contributed by atoms with van der Waals surface area (Å²) in [5.41, 5.74) is -0.309. The van der Waals surface area contributed by atoms with E-state index in [0.29, 0.717) is 6.54 Å². The van der Waals surface area contributed by atoms with Gasteiger partial charge in [-0.15, -0.1) is 0 Å². The van der Waals surface area contributed by atoms with Gasteiger partial charge in [0.2, 0.25) is 0 Å². The molecule has 0 aromatic heterocycles. The molecule has 0 aliphatic heterocycles. The SMILES string of the molecule is CCCNC(c1ccc(F)c(F)c1F)C(C)(C)N(C)C. The van der Waals surface area contributed by atoms with Crippen LogP contribution in [0.15, 0.2) is 12.1 Å². The van der Waals surface area contributed by atoms with Crippen LogP contribution in [0.2, 0.25) is 0 Å². The summed E-state index contributed by atoms with van der Waals surface area (Å²) in [6, 6.07) is 1.85. The van der Waals surface area contributed by atoms with E-state index in [1.54, 1.807) is 0 Å². The first-order chi connectivity index (χ1) is 9.23. The summed E-state index contributed by atoms with van der Waals surface area (Å²) in [6.45, 7) is 6.52. The molecule has 0 saturated heterocycles. The molecule has 0 saturated carbocycles. The largest absolute Gasteiger partial charge is 0.308 e. The first-order valence-electron chi connectivity index (χ1n) is 6.77. The number of hydrogen-bond donors (Lipinski definition) is 1. The Morgan fingerprint density at radius 3 is 2.25 bits per heavy atom. The third kappa shape index (κ3) is 3.33. The average molecular weight is 288 g/mol. The smallest absolute Gasteiger partial charge is 0.194 e. The van der Waals surface area contributed by atoms with E-state index < -0.39 is 29.0 Å². The third-order valence-electron chi connectivity index (χ3n) is 3.83. The van der Waals surface area contributed by atoms with Crippen molar-refractivity contribution in [1.29, 1.82) is 0 Å². The van der Waals surface area contributed by atoms with Crippen LogP contribution in [0.4, 0.5) is 13.2 Å². The molecular formula is C15H23F3N2. The van der Waals surface area contributed by atoms with Crippen molar-refractivity contribution in [3.63, 3.8) is 0 Å². The molecule has 114 valence electrons. The molecule has 0 heterocycles. The normalized spacial score (nSPS) is 13.8. The molecule has 1 N–H and O–H groups in total. The second-order valence-corrected chi connectivity index (χ2v) is 5.70. The van der Waals surface area contributed by atoms with Crippen LogP contribution < -0.4 is 5.32 Å². The fraction of sp³-hybridized carbons (Fsp3) is 0.600. The molecule has 0 radical (unpaired) electrons. The fourth-order valence-electron chi connectivity index (χ4n) is 2.05. The zero-order valence-corrected chi connectivity index (χ0v) is 12.7.